The molecular weight excluding hydrogens is 384 g/mol. The van der Waals surface area contributed by atoms with Crippen LogP contribution >= 0.6 is 0 Å². The summed E-state index contributed by atoms with van der Waals surface area (Å²) in [5.41, 5.74) is 6.43. The zero-order valence-electron chi connectivity index (χ0n) is 13.0. The van der Waals surface area contributed by atoms with E-state index in [2.05, 4.69) is 31.0 Å². The van der Waals surface area contributed by atoms with Crippen LogP contribution in [0.25, 0.3) is 0 Å². The molecule has 0 aromatic carbocycles. The molecule has 0 aliphatic rings. The van der Waals surface area contributed by atoms with Gasteiger partial charge in [0.2, 0.25) is 0 Å². The Hall–Kier alpha value is -1.48. The van der Waals surface area contributed by atoms with Gasteiger partial charge < -0.3 is 29.7 Å². The molecule has 0 saturated heterocycles. The van der Waals surface area contributed by atoms with Crippen molar-refractivity contribution in [3.63, 3.8) is 0 Å². The van der Waals surface area contributed by atoms with E-state index in [1.807, 2.05) is 13.8 Å². The van der Waals surface area contributed by atoms with Crippen LogP contribution in [-0.2, 0) is 42.3 Å². The summed E-state index contributed by atoms with van der Waals surface area (Å²) in [7, 11) is 0. The summed E-state index contributed by atoms with van der Waals surface area (Å²) < 4.78 is 5.35. The molecule has 1 aromatic heterocycles. The Morgan fingerprint density at radius 2 is 1.65 bits per heavy atom. The van der Waals surface area contributed by atoms with E-state index in [4.69, 9.17) is 29.7 Å². The first-order chi connectivity index (χ1) is 10.6. The van der Waals surface area contributed by atoms with Crippen LogP contribution in [0.4, 0.5) is 0 Å². The topological polar surface area (TPSA) is 86.6 Å². The van der Waals surface area contributed by atoms with E-state index in [0.717, 1.165) is 0 Å². The Balaban J connectivity index is 0.00000484. The van der Waals surface area contributed by atoms with E-state index in [1.165, 1.54) is 0 Å². The number of nitrogens with zero attached hydrogens (tertiary/aromatic N) is 4. The van der Waals surface area contributed by atoms with Crippen LogP contribution in [-0.4, -0.2) is 34.8 Å². The zero-order valence-corrected chi connectivity index (χ0v) is 15.5. The van der Waals surface area contributed by atoms with E-state index >= 15 is 0 Å². The Morgan fingerprint density at radius 1 is 1.09 bits per heavy atom. The second kappa shape index (κ2) is 12.0. The van der Waals surface area contributed by atoms with Gasteiger partial charge in [-0.1, -0.05) is 0 Å². The van der Waals surface area contributed by atoms with Gasteiger partial charge in [-0.05, 0) is 43.2 Å². The Kier molecular flexibility index (Phi) is 11.2. The number of furan rings is 1. The number of hydrazone groups is 2. The van der Waals surface area contributed by atoms with Crippen LogP contribution in [0.1, 0.15) is 26.5 Å². The van der Waals surface area contributed by atoms with Gasteiger partial charge in [-0.3, -0.25) is 20.8 Å². The van der Waals surface area contributed by atoms with Crippen molar-refractivity contribution in [2.45, 2.75) is 20.8 Å². The van der Waals surface area contributed by atoms with Gasteiger partial charge >= 0.3 is 17.1 Å². The molecule has 1 heterocycles. The van der Waals surface area contributed by atoms with Crippen molar-refractivity contribution in [3.05, 3.63) is 24.2 Å². The molecular formula is C13H18CuN6OS2. The largest absolute Gasteiger partial charge is 2.00 e. The van der Waals surface area contributed by atoms with Crippen molar-refractivity contribution in [2.75, 3.05) is 13.1 Å². The van der Waals surface area contributed by atoms with E-state index in [9.17, 15) is 0 Å². The third-order valence-electron chi connectivity index (χ3n) is 2.28. The molecule has 0 aliphatic heterocycles. The average molecular weight is 402 g/mol. The molecule has 0 fully saturated rings. The molecule has 23 heavy (non-hydrogen) atoms. The van der Waals surface area contributed by atoms with Gasteiger partial charge in [-0.2, -0.15) is 10.2 Å². The van der Waals surface area contributed by atoms with Crippen LogP contribution < -0.4 is 10.9 Å². The third kappa shape index (κ3) is 8.08. The van der Waals surface area contributed by atoms with E-state index < -0.39 is 0 Å². The minimum atomic E-state index is 0. The Labute approximate surface area is 157 Å². The molecule has 0 aliphatic carbocycles. The summed E-state index contributed by atoms with van der Waals surface area (Å²) in [6.07, 6.45) is 1.55. The van der Waals surface area contributed by atoms with Crippen LogP contribution in [0, 0.1) is 0 Å². The van der Waals surface area contributed by atoms with Crippen molar-refractivity contribution in [1.82, 2.24) is 10.9 Å². The van der Waals surface area contributed by atoms with Gasteiger partial charge in [-0.15, -0.1) is 0 Å². The molecule has 1 aromatic rings. The Morgan fingerprint density at radius 3 is 2.13 bits per heavy atom. The second-order valence-electron chi connectivity index (χ2n) is 3.92. The number of hydrogen-bond donors (Lipinski definition) is 2. The van der Waals surface area contributed by atoms with Crippen LogP contribution in [0.5, 0.6) is 0 Å². The van der Waals surface area contributed by atoms with Crippen LogP contribution in [0.2, 0.25) is 0 Å². The fraction of sp³-hybridized carbons (Fsp3) is 0.385. The van der Waals surface area contributed by atoms with Crippen LogP contribution in [0.15, 0.2) is 43.0 Å². The molecule has 7 nitrogen and oxygen atoms in total. The number of nitrogens with one attached hydrogen (secondary N) is 2. The second-order valence-corrected chi connectivity index (χ2v) is 4.69. The van der Waals surface area contributed by atoms with Crippen molar-refractivity contribution >= 4 is 47.0 Å². The van der Waals surface area contributed by atoms with Gasteiger partial charge in [0.1, 0.15) is 5.71 Å². The minimum absolute atomic E-state index is 0. The summed E-state index contributed by atoms with van der Waals surface area (Å²) in [6, 6.07) is 3.53. The van der Waals surface area contributed by atoms with E-state index in [1.54, 1.807) is 25.3 Å². The summed E-state index contributed by atoms with van der Waals surface area (Å²) >= 11 is 10.0. The third-order valence-corrected chi connectivity index (χ3v) is 2.72. The fourth-order valence-electron chi connectivity index (χ4n) is 1.37. The van der Waals surface area contributed by atoms with Gasteiger partial charge in [0.05, 0.1) is 12.0 Å². The van der Waals surface area contributed by atoms with Crippen molar-refractivity contribution in [3.8, 4) is 0 Å². The quantitative estimate of drug-likeness (QED) is 0.247. The maximum absolute atomic E-state index is 5.35. The molecule has 129 valence electrons. The molecule has 1 rings (SSSR count). The van der Waals surface area contributed by atoms with E-state index in [-0.39, 0.29) is 17.1 Å². The predicted molar refractivity (Wildman–Crippen MR) is 95.3 cm³/mol. The molecule has 10 heteroatoms. The first kappa shape index (κ1) is 21.5. The van der Waals surface area contributed by atoms with E-state index in [0.29, 0.717) is 40.6 Å². The standard InChI is InChI=1S/C13H20N6OS2.Cu/c1-4-14-12(21)18-16-9(3)11(10-7-6-8-20-10)17-19-13(22)15-5-2;/h6-8H,4-5H2,1-3H3,(H2,14,18,21)(H2,15,19,22);/q;+2/p-2/b16-9+,17-11-;. The molecule has 1 radical (unpaired) electrons. The SMILES string of the molecule is CCN=C([S-])N/N=C(/C(C)=N/NC([S-])=NCC)c1ccco1.[Cu+2]. The molecule has 0 atom stereocenters. The van der Waals surface area contributed by atoms with Gasteiger partial charge in [0.15, 0.2) is 5.76 Å². The molecule has 0 unspecified atom stereocenters. The predicted octanol–water partition coefficient (Wildman–Crippen LogP) is 1.38. The van der Waals surface area contributed by atoms with Crippen molar-refractivity contribution in [1.29, 1.82) is 0 Å². The van der Waals surface area contributed by atoms with Gasteiger partial charge in [0.25, 0.3) is 0 Å². The zero-order chi connectivity index (χ0) is 16.4. The normalized spacial score (nSPS) is 13.5. The number of hydrogen-bond acceptors (Lipinski definition) is 7. The van der Waals surface area contributed by atoms with Crippen molar-refractivity contribution in [2.24, 2.45) is 20.2 Å². The van der Waals surface area contributed by atoms with Crippen LogP contribution in [0.3, 0.4) is 0 Å². The maximum Gasteiger partial charge on any atom is 2.00 e. The summed E-state index contributed by atoms with van der Waals surface area (Å²) in [6.45, 7) is 6.72. The molecule has 0 amide bonds. The molecule has 0 bridgehead atoms. The number of rotatable bonds is 6. The number of amidine groups is 2. The Bertz CT molecular complexity index is 583. The molecule has 0 spiro atoms. The minimum Gasteiger partial charge on any atom is -0.741 e. The fourth-order valence-corrected chi connectivity index (χ4v) is 1.72. The van der Waals surface area contributed by atoms with Gasteiger partial charge in [-0.25, -0.2) is 0 Å². The number of aliphatic imine (C=N–C) groups is 2. The summed E-state index contributed by atoms with van der Waals surface area (Å²) in [5, 5.41) is 8.96. The monoisotopic (exact) mass is 401 g/mol. The smallest absolute Gasteiger partial charge is 0.741 e. The summed E-state index contributed by atoms with van der Waals surface area (Å²) in [4.78, 5) is 8.04. The summed E-state index contributed by atoms with van der Waals surface area (Å²) in [5.74, 6) is 0.549. The van der Waals surface area contributed by atoms with Crippen molar-refractivity contribution < 1.29 is 21.5 Å². The molecule has 0 saturated carbocycles. The molecule has 2 N–H and O–H groups in total. The first-order valence-electron chi connectivity index (χ1n) is 6.69. The first-order valence-corrected chi connectivity index (χ1v) is 7.51. The average Bonchev–Trinajstić information content (AvgIpc) is 3.00. The maximum atomic E-state index is 5.35. The van der Waals surface area contributed by atoms with Gasteiger partial charge in [0, 0.05) is 13.1 Å².